The van der Waals surface area contributed by atoms with Gasteiger partial charge in [0.25, 0.3) is 0 Å². The molecule has 0 amide bonds. The Hall–Kier alpha value is -2.60. The van der Waals surface area contributed by atoms with E-state index in [4.69, 9.17) is 0 Å². The van der Waals surface area contributed by atoms with Crippen LogP contribution in [0.15, 0.2) is 84.9 Å². The first-order valence-corrected chi connectivity index (χ1v) is 10.2. The molecule has 2 unspecified atom stereocenters. The van der Waals surface area contributed by atoms with Crippen molar-refractivity contribution < 1.29 is 0 Å². The molecular weight excluding hydrogens is 336 g/mol. The van der Waals surface area contributed by atoms with Gasteiger partial charge in [0.05, 0.1) is 0 Å². The Kier molecular flexibility index (Phi) is 5.89. The summed E-state index contributed by atoms with van der Waals surface area (Å²) in [5, 5.41) is 0. The van der Waals surface area contributed by atoms with Gasteiger partial charge in [0.15, 0.2) is 0 Å². The molecule has 2 atom stereocenters. The second-order valence-electron chi connectivity index (χ2n) is 8.44. The average Bonchev–Trinajstić information content (AvgIpc) is 2.66. The summed E-state index contributed by atoms with van der Waals surface area (Å²) in [4.78, 5) is 0. The van der Waals surface area contributed by atoms with Gasteiger partial charge in [-0.05, 0) is 56.7 Å². The van der Waals surface area contributed by atoms with Crippen LogP contribution in [0, 0.1) is 26.7 Å². The van der Waals surface area contributed by atoms with Crippen LogP contribution >= 0.6 is 0 Å². The molecule has 3 aromatic rings. The molecule has 0 radical (unpaired) electrons. The van der Waals surface area contributed by atoms with Crippen LogP contribution in [-0.2, 0) is 11.8 Å². The van der Waals surface area contributed by atoms with Gasteiger partial charge in [-0.2, -0.15) is 0 Å². The van der Waals surface area contributed by atoms with Crippen molar-refractivity contribution in [2.24, 2.45) is 5.92 Å². The molecule has 0 heterocycles. The van der Waals surface area contributed by atoms with Crippen molar-refractivity contribution in [2.45, 2.75) is 46.5 Å². The van der Waals surface area contributed by atoms with Crippen molar-refractivity contribution in [3.8, 4) is 0 Å². The SMILES string of the molecule is C=C(C)C(C)C(Cc1ccccc1)(c1ccc(C)cc1)c1cc(C)cc(C)c1. The monoisotopic (exact) mass is 368 g/mol. The zero-order valence-electron chi connectivity index (χ0n) is 17.9. The van der Waals surface area contributed by atoms with E-state index >= 15 is 0 Å². The lowest BCUT2D eigenvalue weighted by atomic mass is 9.61. The maximum absolute atomic E-state index is 4.38. The molecule has 0 heteroatoms. The van der Waals surface area contributed by atoms with Gasteiger partial charge in [0.1, 0.15) is 0 Å². The predicted molar refractivity (Wildman–Crippen MR) is 122 cm³/mol. The first kappa shape index (κ1) is 20.1. The van der Waals surface area contributed by atoms with Crippen molar-refractivity contribution >= 4 is 0 Å². The lowest BCUT2D eigenvalue weighted by Gasteiger charge is -2.42. The van der Waals surface area contributed by atoms with E-state index in [1.165, 1.54) is 39.0 Å². The summed E-state index contributed by atoms with van der Waals surface area (Å²) in [5.41, 5.74) is 9.09. The summed E-state index contributed by atoms with van der Waals surface area (Å²) in [5.74, 6) is 0.302. The molecule has 0 nitrogen and oxygen atoms in total. The molecule has 0 N–H and O–H groups in total. The first-order valence-electron chi connectivity index (χ1n) is 10.2. The van der Waals surface area contributed by atoms with Gasteiger partial charge in [-0.1, -0.05) is 109 Å². The molecule has 0 spiro atoms. The van der Waals surface area contributed by atoms with E-state index < -0.39 is 0 Å². The molecule has 0 aromatic heterocycles. The number of allylic oxidation sites excluding steroid dienone is 1. The Labute approximate surface area is 171 Å². The highest BCUT2D eigenvalue weighted by Gasteiger charge is 2.40. The maximum atomic E-state index is 4.38. The maximum Gasteiger partial charge on any atom is 0.0305 e. The molecule has 0 fully saturated rings. The largest absolute Gasteiger partial charge is 0.0998 e. The van der Waals surface area contributed by atoms with Crippen molar-refractivity contribution in [1.29, 1.82) is 0 Å². The van der Waals surface area contributed by atoms with Gasteiger partial charge >= 0.3 is 0 Å². The molecule has 0 aliphatic heterocycles. The minimum atomic E-state index is -0.155. The average molecular weight is 369 g/mol. The summed E-state index contributed by atoms with van der Waals surface area (Å²) in [7, 11) is 0. The fraction of sp³-hybridized carbons (Fsp3) is 0.286. The number of benzene rings is 3. The summed E-state index contributed by atoms with van der Waals surface area (Å²) < 4.78 is 0. The molecule has 3 aromatic carbocycles. The van der Waals surface area contributed by atoms with E-state index in [0.29, 0.717) is 5.92 Å². The summed E-state index contributed by atoms with van der Waals surface area (Å²) in [6.45, 7) is 15.4. The van der Waals surface area contributed by atoms with Crippen molar-refractivity contribution in [3.63, 3.8) is 0 Å². The normalized spacial score (nSPS) is 14.3. The van der Waals surface area contributed by atoms with Gasteiger partial charge in [0, 0.05) is 5.41 Å². The van der Waals surface area contributed by atoms with Gasteiger partial charge in [-0.25, -0.2) is 0 Å². The van der Waals surface area contributed by atoms with Crippen LogP contribution < -0.4 is 0 Å². The van der Waals surface area contributed by atoms with Crippen LogP contribution in [0.2, 0.25) is 0 Å². The van der Waals surface area contributed by atoms with Crippen LogP contribution in [-0.4, -0.2) is 0 Å². The Morgan fingerprint density at radius 2 is 1.36 bits per heavy atom. The minimum Gasteiger partial charge on any atom is -0.0998 e. The lowest BCUT2D eigenvalue weighted by molar-refractivity contribution is 0.386. The molecule has 0 saturated heterocycles. The second-order valence-corrected chi connectivity index (χ2v) is 8.44. The van der Waals surface area contributed by atoms with E-state index in [1.54, 1.807) is 0 Å². The molecule has 0 aliphatic rings. The van der Waals surface area contributed by atoms with E-state index in [0.717, 1.165) is 6.42 Å². The summed E-state index contributed by atoms with van der Waals surface area (Å²) in [6.07, 6.45) is 0.952. The van der Waals surface area contributed by atoms with E-state index in [2.05, 4.69) is 114 Å². The molecule has 28 heavy (non-hydrogen) atoms. The van der Waals surface area contributed by atoms with Crippen molar-refractivity contribution in [1.82, 2.24) is 0 Å². The van der Waals surface area contributed by atoms with Crippen LogP contribution in [0.3, 0.4) is 0 Å². The highest BCUT2D eigenvalue weighted by molar-refractivity contribution is 5.47. The Balaban J connectivity index is 2.33. The van der Waals surface area contributed by atoms with Gasteiger partial charge in [-0.3, -0.25) is 0 Å². The smallest absolute Gasteiger partial charge is 0.0305 e. The molecule has 144 valence electrons. The molecule has 0 aliphatic carbocycles. The van der Waals surface area contributed by atoms with Gasteiger partial charge in [0.2, 0.25) is 0 Å². The molecular formula is C28H32. The summed E-state index contributed by atoms with van der Waals surface area (Å²) in [6, 6.07) is 27.0. The van der Waals surface area contributed by atoms with Crippen LogP contribution in [0.5, 0.6) is 0 Å². The standard InChI is InChI=1S/C28H32/c1-20(2)24(6)28(19-25-10-8-7-9-11-25,26-14-12-21(3)13-15-26)27-17-22(4)16-23(5)18-27/h7-18,24H,1,19H2,2-6H3. The number of hydrogen-bond acceptors (Lipinski definition) is 0. The first-order chi connectivity index (χ1) is 13.3. The van der Waals surface area contributed by atoms with Gasteiger partial charge < -0.3 is 0 Å². The van der Waals surface area contributed by atoms with E-state index in [-0.39, 0.29) is 5.41 Å². The number of hydrogen-bond donors (Lipinski definition) is 0. The zero-order chi connectivity index (χ0) is 20.3. The minimum absolute atomic E-state index is 0.155. The van der Waals surface area contributed by atoms with Crippen LogP contribution in [0.1, 0.15) is 47.2 Å². The van der Waals surface area contributed by atoms with E-state index in [9.17, 15) is 0 Å². The highest BCUT2D eigenvalue weighted by Crippen LogP contribution is 2.45. The Morgan fingerprint density at radius 1 is 0.786 bits per heavy atom. The Bertz CT molecular complexity index is 927. The summed E-state index contributed by atoms with van der Waals surface area (Å²) >= 11 is 0. The Morgan fingerprint density at radius 3 is 1.89 bits per heavy atom. The molecule has 3 rings (SSSR count). The second kappa shape index (κ2) is 8.19. The van der Waals surface area contributed by atoms with Crippen LogP contribution in [0.25, 0.3) is 0 Å². The van der Waals surface area contributed by atoms with Gasteiger partial charge in [-0.15, -0.1) is 0 Å². The third-order valence-corrected chi connectivity index (χ3v) is 6.11. The van der Waals surface area contributed by atoms with Crippen LogP contribution in [0.4, 0.5) is 0 Å². The quantitative estimate of drug-likeness (QED) is 0.399. The molecule has 0 bridgehead atoms. The fourth-order valence-corrected chi connectivity index (χ4v) is 4.45. The van der Waals surface area contributed by atoms with Crippen molar-refractivity contribution in [2.75, 3.05) is 0 Å². The van der Waals surface area contributed by atoms with E-state index in [1.807, 2.05) is 0 Å². The lowest BCUT2D eigenvalue weighted by Crippen LogP contribution is -2.38. The predicted octanol–water partition coefficient (Wildman–Crippen LogP) is 7.35. The molecule has 0 saturated carbocycles. The third-order valence-electron chi connectivity index (χ3n) is 6.11. The topological polar surface area (TPSA) is 0 Å². The zero-order valence-corrected chi connectivity index (χ0v) is 17.9. The third kappa shape index (κ3) is 3.97. The number of rotatable bonds is 6. The number of aryl methyl sites for hydroxylation is 3. The highest BCUT2D eigenvalue weighted by atomic mass is 14.4. The van der Waals surface area contributed by atoms with Crippen molar-refractivity contribution in [3.05, 3.63) is 118 Å². The fourth-order valence-electron chi connectivity index (χ4n) is 4.45.